The van der Waals surface area contributed by atoms with E-state index in [9.17, 15) is 9.18 Å². The summed E-state index contributed by atoms with van der Waals surface area (Å²) in [6.07, 6.45) is 3.96. The van der Waals surface area contributed by atoms with Gasteiger partial charge in [0.1, 0.15) is 5.82 Å². The van der Waals surface area contributed by atoms with Crippen LogP contribution in [0, 0.1) is 5.82 Å². The van der Waals surface area contributed by atoms with Gasteiger partial charge >= 0.3 is 0 Å². The lowest BCUT2D eigenvalue weighted by atomic mass is 10.1. The molecule has 27 heavy (non-hydrogen) atoms. The van der Waals surface area contributed by atoms with E-state index in [-0.39, 0.29) is 11.7 Å². The fourth-order valence-electron chi connectivity index (χ4n) is 3.20. The van der Waals surface area contributed by atoms with Crippen LogP contribution >= 0.6 is 11.8 Å². The van der Waals surface area contributed by atoms with Gasteiger partial charge in [-0.05, 0) is 41.6 Å². The number of halogens is 1. The molecule has 0 bridgehead atoms. The number of amides is 1. The van der Waals surface area contributed by atoms with Crippen LogP contribution in [0.5, 0.6) is 0 Å². The number of rotatable bonds is 3. The predicted octanol–water partition coefficient (Wildman–Crippen LogP) is 4.36. The van der Waals surface area contributed by atoms with Crippen molar-refractivity contribution in [2.45, 2.75) is 6.54 Å². The molecule has 0 atom stereocenters. The predicted molar refractivity (Wildman–Crippen MR) is 109 cm³/mol. The molecule has 6 heteroatoms. The average molecular weight is 379 g/mol. The highest BCUT2D eigenvalue weighted by atomic mass is 32.2. The minimum absolute atomic E-state index is 0.0454. The molecule has 2 heterocycles. The lowest BCUT2D eigenvalue weighted by Gasteiger charge is -2.05. The Kier molecular flexibility index (Phi) is 4.58. The van der Waals surface area contributed by atoms with Gasteiger partial charge in [-0.2, -0.15) is 0 Å². The summed E-state index contributed by atoms with van der Waals surface area (Å²) in [6.45, 7) is 0.632. The van der Waals surface area contributed by atoms with Crippen molar-refractivity contribution in [1.29, 1.82) is 0 Å². The Morgan fingerprint density at radius 1 is 1.15 bits per heavy atom. The summed E-state index contributed by atoms with van der Waals surface area (Å²) >= 11 is 1.38. The number of amidine groups is 1. The molecular formula is C21H18FN3OS. The molecule has 0 saturated carbocycles. The van der Waals surface area contributed by atoms with Gasteiger partial charge in [0.25, 0.3) is 5.91 Å². The van der Waals surface area contributed by atoms with E-state index in [1.165, 1.54) is 23.9 Å². The van der Waals surface area contributed by atoms with Crippen LogP contribution in [0.15, 0.2) is 64.6 Å². The van der Waals surface area contributed by atoms with Gasteiger partial charge in [0.2, 0.25) is 0 Å². The molecule has 0 N–H and O–H groups in total. The number of benzene rings is 2. The summed E-state index contributed by atoms with van der Waals surface area (Å²) in [5.74, 6) is -0.285. The monoisotopic (exact) mass is 379 g/mol. The number of likely N-dealkylation sites (N-methyl/N-ethyl adjacent to an activating group) is 1. The number of carbonyl (C=O) groups excluding carboxylic acids is 1. The average Bonchev–Trinajstić information content (AvgIpc) is 3.16. The van der Waals surface area contributed by atoms with Gasteiger partial charge in [-0.3, -0.25) is 14.7 Å². The smallest absolute Gasteiger partial charge is 0.266 e. The quantitative estimate of drug-likeness (QED) is 0.634. The van der Waals surface area contributed by atoms with E-state index < -0.39 is 0 Å². The summed E-state index contributed by atoms with van der Waals surface area (Å²) in [5, 5.41) is 1.77. The van der Waals surface area contributed by atoms with Gasteiger partial charge < -0.3 is 4.57 Å². The maximum Gasteiger partial charge on any atom is 0.266 e. The summed E-state index contributed by atoms with van der Waals surface area (Å²) in [7, 11) is 3.42. The minimum atomic E-state index is -0.240. The fourth-order valence-corrected chi connectivity index (χ4v) is 4.12. The maximum absolute atomic E-state index is 13.2. The van der Waals surface area contributed by atoms with Crippen LogP contribution in [0.25, 0.3) is 17.0 Å². The fraction of sp³-hybridized carbons (Fsp3) is 0.143. The summed E-state index contributed by atoms with van der Waals surface area (Å²) in [6, 6.07) is 14.6. The second-order valence-electron chi connectivity index (χ2n) is 6.34. The number of thioether (sulfide) groups is 1. The molecule has 4 nitrogen and oxygen atoms in total. The molecule has 0 unspecified atom stereocenters. The molecule has 3 aromatic rings. The van der Waals surface area contributed by atoms with Crippen LogP contribution in [0.3, 0.4) is 0 Å². The van der Waals surface area contributed by atoms with Gasteiger partial charge in [0.15, 0.2) is 5.17 Å². The highest BCUT2D eigenvalue weighted by Crippen LogP contribution is 2.33. The maximum atomic E-state index is 13.2. The third kappa shape index (κ3) is 3.28. The lowest BCUT2D eigenvalue weighted by Crippen LogP contribution is -2.23. The van der Waals surface area contributed by atoms with Crippen LogP contribution in [-0.2, 0) is 11.3 Å². The van der Waals surface area contributed by atoms with Crippen molar-refractivity contribution < 1.29 is 9.18 Å². The molecule has 2 aromatic carbocycles. The molecular weight excluding hydrogens is 361 g/mol. The highest BCUT2D eigenvalue weighted by molar-refractivity contribution is 8.18. The Labute approximate surface area is 161 Å². The van der Waals surface area contributed by atoms with Gasteiger partial charge in [-0.25, -0.2) is 4.39 Å². The highest BCUT2D eigenvalue weighted by Gasteiger charge is 2.30. The first-order valence-electron chi connectivity index (χ1n) is 8.53. The number of fused-ring (bicyclic) bond motifs is 1. The minimum Gasteiger partial charge on any atom is -0.342 e. The van der Waals surface area contributed by atoms with Gasteiger partial charge in [0, 0.05) is 43.3 Å². The van der Waals surface area contributed by atoms with Gasteiger partial charge in [0.05, 0.1) is 4.91 Å². The second kappa shape index (κ2) is 7.04. The van der Waals surface area contributed by atoms with E-state index in [4.69, 9.17) is 0 Å². The molecule has 1 fully saturated rings. The zero-order valence-corrected chi connectivity index (χ0v) is 15.8. The molecule has 4 rings (SSSR count). The first kappa shape index (κ1) is 17.5. The number of carbonyl (C=O) groups is 1. The van der Waals surface area contributed by atoms with E-state index in [1.807, 2.05) is 30.5 Å². The molecule has 0 radical (unpaired) electrons. The Morgan fingerprint density at radius 3 is 2.59 bits per heavy atom. The first-order chi connectivity index (χ1) is 13.1. The topological polar surface area (TPSA) is 37.6 Å². The van der Waals surface area contributed by atoms with E-state index >= 15 is 0 Å². The Hall–Kier alpha value is -2.86. The van der Waals surface area contributed by atoms with E-state index in [2.05, 4.69) is 15.6 Å². The van der Waals surface area contributed by atoms with Gasteiger partial charge in [-0.1, -0.05) is 30.3 Å². The van der Waals surface area contributed by atoms with Crippen molar-refractivity contribution in [3.63, 3.8) is 0 Å². The summed E-state index contributed by atoms with van der Waals surface area (Å²) in [5.41, 5.74) is 3.07. The van der Waals surface area contributed by atoms with Crippen molar-refractivity contribution in [1.82, 2.24) is 9.47 Å². The molecule has 1 aliphatic heterocycles. The number of aromatic nitrogens is 1. The largest absolute Gasteiger partial charge is 0.342 e. The molecule has 0 aliphatic carbocycles. The van der Waals surface area contributed by atoms with Crippen LogP contribution in [0.1, 0.15) is 11.1 Å². The number of para-hydroxylation sites is 1. The normalized spacial score (nSPS) is 17.6. The van der Waals surface area contributed by atoms with E-state index in [0.717, 1.165) is 22.0 Å². The number of hydrogen-bond donors (Lipinski definition) is 0. The molecule has 1 amide bonds. The third-order valence-electron chi connectivity index (χ3n) is 4.57. The molecule has 1 saturated heterocycles. The summed E-state index contributed by atoms with van der Waals surface area (Å²) in [4.78, 5) is 18.8. The Morgan fingerprint density at radius 2 is 1.89 bits per heavy atom. The SMILES string of the molecule is CN=C1SC(=Cc2cn(Cc3ccc(F)cc3)c3ccccc23)C(=O)N1C. The van der Waals surface area contributed by atoms with Crippen LogP contribution in [0.2, 0.25) is 0 Å². The number of nitrogens with zero attached hydrogens (tertiary/aromatic N) is 3. The lowest BCUT2D eigenvalue weighted by molar-refractivity contribution is -0.121. The van der Waals surface area contributed by atoms with Crippen molar-refractivity contribution in [2.75, 3.05) is 14.1 Å². The Balaban J connectivity index is 1.75. The van der Waals surface area contributed by atoms with Crippen molar-refractivity contribution in [2.24, 2.45) is 4.99 Å². The van der Waals surface area contributed by atoms with Crippen LogP contribution in [-0.4, -0.2) is 34.6 Å². The van der Waals surface area contributed by atoms with E-state index in [0.29, 0.717) is 16.6 Å². The number of aliphatic imine (C=N–C) groups is 1. The van der Waals surface area contributed by atoms with Crippen molar-refractivity contribution >= 4 is 39.8 Å². The van der Waals surface area contributed by atoms with E-state index in [1.54, 1.807) is 31.1 Å². The molecule has 1 aromatic heterocycles. The second-order valence-corrected chi connectivity index (χ2v) is 7.35. The molecule has 1 aliphatic rings. The molecule has 136 valence electrons. The van der Waals surface area contributed by atoms with Crippen molar-refractivity contribution in [3.8, 4) is 0 Å². The van der Waals surface area contributed by atoms with Gasteiger partial charge in [-0.15, -0.1) is 0 Å². The zero-order chi connectivity index (χ0) is 19.0. The standard InChI is InChI=1S/C21H18FN3OS/c1-23-21-24(2)20(26)19(27-21)11-15-13-25(18-6-4-3-5-17(15)18)12-14-7-9-16(22)10-8-14/h3-11,13H,12H2,1-2H3. The first-order valence-corrected chi connectivity index (χ1v) is 9.35. The van der Waals surface area contributed by atoms with Crippen molar-refractivity contribution in [3.05, 3.63) is 76.6 Å². The zero-order valence-electron chi connectivity index (χ0n) is 15.0. The number of hydrogen-bond acceptors (Lipinski definition) is 3. The van der Waals surface area contributed by atoms with Crippen LogP contribution in [0.4, 0.5) is 4.39 Å². The third-order valence-corrected chi connectivity index (χ3v) is 5.72. The van der Waals surface area contributed by atoms with Crippen LogP contribution < -0.4 is 0 Å². The summed E-state index contributed by atoms with van der Waals surface area (Å²) < 4.78 is 15.3. The molecule has 0 spiro atoms. The Bertz CT molecular complexity index is 1080.